The smallest absolute Gasteiger partial charge is 0.0123 e. The second-order valence-electron chi connectivity index (χ2n) is 4.92. The SMILES string of the molecule is C=Cc1c(C(C)C)ccc2c1C(=C)CCC2. The molecule has 0 saturated heterocycles. The van der Waals surface area contributed by atoms with Gasteiger partial charge in [-0.05, 0) is 53.0 Å². The molecule has 1 aliphatic rings. The van der Waals surface area contributed by atoms with Crippen LogP contribution in [-0.2, 0) is 6.42 Å². The zero-order chi connectivity index (χ0) is 11.7. The quantitative estimate of drug-likeness (QED) is 0.660. The van der Waals surface area contributed by atoms with Crippen LogP contribution in [0.1, 0.15) is 54.9 Å². The first-order valence-corrected chi connectivity index (χ1v) is 6.11. The Balaban J connectivity index is 2.67. The Kier molecular flexibility index (Phi) is 3.00. The number of hydrogen-bond acceptors (Lipinski definition) is 0. The maximum Gasteiger partial charge on any atom is -0.0123 e. The van der Waals surface area contributed by atoms with Crippen molar-refractivity contribution in [2.24, 2.45) is 0 Å². The predicted molar refractivity (Wildman–Crippen MR) is 72.6 cm³/mol. The third kappa shape index (κ3) is 1.73. The molecule has 1 aromatic carbocycles. The van der Waals surface area contributed by atoms with Gasteiger partial charge in [0.25, 0.3) is 0 Å². The molecule has 16 heavy (non-hydrogen) atoms. The minimum absolute atomic E-state index is 0.549. The molecule has 0 amide bonds. The molecule has 2 rings (SSSR count). The van der Waals surface area contributed by atoms with E-state index in [9.17, 15) is 0 Å². The van der Waals surface area contributed by atoms with Crippen molar-refractivity contribution in [1.29, 1.82) is 0 Å². The van der Waals surface area contributed by atoms with E-state index in [0.29, 0.717) is 5.92 Å². The van der Waals surface area contributed by atoms with Gasteiger partial charge in [-0.25, -0.2) is 0 Å². The van der Waals surface area contributed by atoms with Crippen molar-refractivity contribution in [3.05, 3.63) is 47.5 Å². The average Bonchev–Trinajstić information content (AvgIpc) is 2.27. The van der Waals surface area contributed by atoms with Gasteiger partial charge in [0.15, 0.2) is 0 Å². The van der Waals surface area contributed by atoms with Crippen molar-refractivity contribution in [1.82, 2.24) is 0 Å². The molecule has 0 N–H and O–H groups in total. The fourth-order valence-corrected chi connectivity index (χ4v) is 2.65. The van der Waals surface area contributed by atoms with Crippen LogP contribution in [0, 0.1) is 0 Å². The first-order valence-electron chi connectivity index (χ1n) is 6.11. The van der Waals surface area contributed by atoms with Gasteiger partial charge in [-0.1, -0.05) is 45.2 Å². The lowest BCUT2D eigenvalue weighted by Crippen LogP contribution is -2.06. The molecule has 0 unspecified atom stereocenters. The largest absolute Gasteiger partial charge is 0.0984 e. The first kappa shape index (κ1) is 11.2. The summed E-state index contributed by atoms with van der Waals surface area (Å²) in [7, 11) is 0. The summed E-state index contributed by atoms with van der Waals surface area (Å²) in [5, 5.41) is 0. The predicted octanol–water partition coefficient (Wildman–Crippen LogP) is 4.80. The van der Waals surface area contributed by atoms with Crippen LogP contribution in [0.25, 0.3) is 11.6 Å². The molecule has 0 atom stereocenters. The Labute approximate surface area is 98.7 Å². The third-order valence-corrected chi connectivity index (χ3v) is 3.47. The Morgan fingerprint density at radius 3 is 2.62 bits per heavy atom. The Morgan fingerprint density at radius 2 is 2.00 bits per heavy atom. The van der Waals surface area contributed by atoms with E-state index in [4.69, 9.17) is 0 Å². The van der Waals surface area contributed by atoms with Crippen molar-refractivity contribution >= 4 is 11.6 Å². The van der Waals surface area contributed by atoms with E-state index in [0.717, 1.165) is 6.42 Å². The lowest BCUT2D eigenvalue weighted by atomic mass is 9.81. The summed E-state index contributed by atoms with van der Waals surface area (Å²) in [5.74, 6) is 0.549. The highest BCUT2D eigenvalue weighted by molar-refractivity contribution is 5.78. The molecular formula is C16H20. The van der Waals surface area contributed by atoms with Gasteiger partial charge in [0.05, 0.1) is 0 Å². The molecule has 1 aromatic rings. The maximum atomic E-state index is 4.22. The molecule has 1 aliphatic carbocycles. The second kappa shape index (κ2) is 4.29. The number of rotatable bonds is 2. The molecule has 0 nitrogen and oxygen atoms in total. The van der Waals surface area contributed by atoms with Gasteiger partial charge in [-0.15, -0.1) is 0 Å². The van der Waals surface area contributed by atoms with Gasteiger partial charge in [-0.2, -0.15) is 0 Å². The van der Waals surface area contributed by atoms with Gasteiger partial charge in [0.1, 0.15) is 0 Å². The fourth-order valence-electron chi connectivity index (χ4n) is 2.65. The van der Waals surface area contributed by atoms with Crippen LogP contribution in [0.15, 0.2) is 25.3 Å². The first-order chi connectivity index (χ1) is 7.65. The van der Waals surface area contributed by atoms with Gasteiger partial charge in [-0.3, -0.25) is 0 Å². The van der Waals surface area contributed by atoms with E-state index in [1.165, 1.54) is 40.7 Å². The van der Waals surface area contributed by atoms with Crippen molar-refractivity contribution < 1.29 is 0 Å². The molecule has 0 radical (unpaired) electrons. The van der Waals surface area contributed by atoms with Crippen molar-refractivity contribution in [2.45, 2.75) is 39.0 Å². The zero-order valence-corrected chi connectivity index (χ0v) is 10.3. The monoisotopic (exact) mass is 212 g/mol. The summed E-state index contributed by atoms with van der Waals surface area (Å²) >= 11 is 0. The normalized spacial score (nSPS) is 15.1. The van der Waals surface area contributed by atoms with E-state index in [2.05, 4.69) is 39.1 Å². The molecule has 0 bridgehead atoms. The van der Waals surface area contributed by atoms with Gasteiger partial charge >= 0.3 is 0 Å². The van der Waals surface area contributed by atoms with E-state index in [-0.39, 0.29) is 0 Å². The van der Waals surface area contributed by atoms with Crippen LogP contribution < -0.4 is 0 Å². The highest BCUT2D eigenvalue weighted by Crippen LogP contribution is 2.36. The molecule has 0 aromatic heterocycles. The molecule has 0 saturated carbocycles. The van der Waals surface area contributed by atoms with Crippen LogP contribution in [0.5, 0.6) is 0 Å². The fraction of sp³-hybridized carbons (Fsp3) is 0.375. The van der Waals surface area contributed by atoms with Crippen LogP contribution in [0.2, 0.25) is 0 Å². The van der Waals surface area contributed by atoms with Crippen LogP contribution in [0.3, 0.4) is 0 Å². The topological polar surface area (TPSA) is 0 Å². The highest BCUT2D eigenvalue weighted by atomic mass is 14.2. The van der Waals surface area contributed by atoms with Crippen molar-refractivity contribution in [3.63, 3.8) is 0 Å². The molecule has 0 heterocycles. The highest BCUT2D eigenvalue weighted by Gasteiger charge is 2.18. The van der Waals surface area contributed by atoms with Gasteiger partial charge in [0, 0.05) is 0 Å². The molecule has 0 heteroatoms. The molecule has 0 fully saturated rings. The number of aryl methyl sites for hydroxylation is 1. The average molecular weight is 212 g/mol. The standard InChI is InChI=1S/C16H20/c1-5-14-15(11(2)3)10-9-13-8-6-7-12(4)16(13)14/h5,9-11H,1,4,6-8H2,2-3H3. The number of hydrogen-bond donors (Lipinski definition) is 0. The summed E-state index contributed by atoms with van der Waals surface area (Å²) in [5.41, 5.74) is 6.84. The zero-order valence-electron chi connectivity index (χ0n) is 10.3. The molecule has 84 valence electrons. The van der Waals surface area contributed by atoms with Crippen molar-refractivity contribution in [3.8, 4) is 0 Å². The maximum absolute atomic E-state index is 4.22. The van der Waals surface area contributed by atoms with E-state index in [1.54, 1.807) is 0 Å². The second-order valence-corrected chi connectivity index (χ2v) is 4.92. The molecule has 0 spiro atoms. The summed E-state index contributed by atoms with van der Waals surface area (Å²) < 4.78 is 0. The van der Waals surface area contributed by atoms with E-state index in [1.807, 2.05) is 6.08 Å². The summed E-state index contributed by atoms with van der Waals surface area (Å²) in [4.78, 5) is 0. The minimum Gasteiger partial charge on any atom is -0.0984 e. The van der Waals surface area contributed by atoms with Crippen LogP contribution >= 0.6 is 0 Å². The van der Waals surface area contributed by atoms with E-state index < -0.39 is 0 Å². The van der Waals surface area contributed by atoms with Gasteiger partial charge in [0.2, 0.25) is 0 Å². The molecular weight excluding hydrogens is 192 g/mol. The Hall–Kier alpha value is -1.30. The number of benzene rings is 1. The summed E-state index contributed by atoms with van der Waals surface area (Å²) in [6, 6.07) is 4.54. The third-order valence-electron chi connectivity index (χ3n) is 3.47. The van der Waals surface area contributed by atoms with E-state index >= 15 is 0 Å². The number of fused-ring (bicyclic) bond motifs is 1. The lowest BCUT2D eigenvalue weighted by molar-refractivity contribution is 0.811. The van der Waals surface area contributed by atoms with Gasteiger partial charge < -0.3 is 0 Å². The van der Waals surface area contributed by atoms with Crippen LogP contribution in [-0.4, -0.2) is 0 Å². The summed E-state index contributed by atoms with van der Waals surface area (Å²) in [6.45, 7) is 12.7. The summed E-state index contributed by atoms with van der Waals surface area (Å²) in [6.07, 6.45) is 5.57. The minimum atomic E-state index is 0.549. The molecule has 0 aliphatic heterocycles. The van der Waals surface area contributed by atoms with Crippen molar-refractivity contribution in [2.75, 3.05) is 0 Å². The Morgan fingerprint density at radius 1 is 1.25 bits per heavy atom. The number of allylic oxidation sites excluding steroid dienone is 1. The lowest BCUT2D eigenvalue weighted by Gasteiger charge is -2.23. The Bertz CT molecular complexity index is 436. The van der Waals surface area contributed by atoms with Crippen LogP contribution in [0.4, 0.5) is 0 Å².